The van der Waals surface area contributed by atoms with Gasteiger partial charge in [-0.05, 0) is 13.0 Å². The number of amides is 1. The highest BCUT2D eigenvalue weighted by molar-refractivity contribution is 6.39. The fourth-order valence-corrected chi connectivity index (χ4v) is 1.93. The molecule has 0 radical (unpaired) electrons. The molecule has 2 rings (SSSR count). The van der Waals surface area contributed by atoms with Crippen molar-refractivity contribution >= 4 is 11.6 Å². The lowest BCUT2D eigenvalue weighted by atomic mass is 9.96. The summed E-state index contributed by atoms with van der Waals surface area (Å²) in [6, 6.07) is 0. The van der Waals surface area contributed by atoms with Gasteiger partial charge in [-0.2, -0.15) is 0 Å². The van der Waals surface area contributed by atoms with Gasteiger partial charge in [-0.15, -0.1) is 0 Å². The highest BCUT2D eigenvalue weighted by Gasteiger charge is 2.43. The molecular weight excluding hydrogens is 194 g/mol. The first-order valence-corrected chi connectivity index (χ1v) is 5.50. The Balaban J connectivity index is 1.88. The third kappa shape index (κ3) is 2.12. The van der Waals surface area contributed by atoms with E-state index < -0.39 is 0 Å². The number of nitrogens with zero attached hydrogens (tertiary/aromatic N) is 1. The van der Waals surface area contributed by atoms with Crippen molar-refractivity contribution in [2.75, 3.05) is 19.6 Å². The Kier molecular flexibility index (Phi) is 2.90. The summed E-state index contributed by atoms with van der Waals surface area (Å²) in [7, 11) is 0. The highest BCUT2D eigenvalue weighted by atomic mass is 16.7. The van der Waals surface area contributed by atoms with E-state index in [1.807, 2.05) is 6.92 Å². The Morgan fingerprint density at radius 3 is 3.27 bits per heavy atom. The van der Waals surface area contributed by atoms with Crippen LogP contribution in [-0.4, -0.2) is 36.9 Å². The normalized spacial score (nSPS) is 29.0. The molecule has 1 fully saturated rings. The van der Waals surface area contributed by atoms with Crippen LogP contribution in [0.25, 0.3) is 0 Å². The molecule has 2 heterocycles. The lowest BCUT2D eigenvalue weighted by molar-refractivity contribution is -0.114. The standard InChI is InChI=1S/C10H17N3O2/c1-2-4-12-9(14)8-6-10(15-13-8)3-5-11-7-10/h11H,2-7H2,1H3,(H,12,14)/t10-/m0/s1. The Labute approximate surface area is 89.2 Å². The van der Waals surface area contributed by atoms with Crippen LogP contribution in [-0.2, 0) is 9.63 Å². The van der Waals surface area contributed by atoms with Crippen LogP contribution in [0.1, 0.15) is 26.2 Å². The van der Waals surface area contributed by atoms with E-state index in [1.54, 1.807) is 0 Å². The van der Waals surface area contributed by atoms with Gasteiger partial charge in [-0.3, -0.25) is 4.79 Å². The third-order valence-electron chi connectivity index (χ3n) is 2.84. The summed E-state index contributed by atoms with van der Waals surface area (Å²) in [4.78, 5) is 17.0. The van der Waals surface area contributed by atoms with E-state index in [0.717, 1.165) is 25.9 Å². The average Bonchev–Trinajstić information content (AvgIpc) is 2.86. The van der Waals surface area contributed by atoms with Gasteiger partial charge in [-0.1, -0.05) is 12.1 Å². The topological polar surface area (TPSA) is 62.7 Å². The summed E-state index contributed by atoms with van der Waals surface area (Å²) < 4.78 is 0. The molecule has 0 unspecified atom stereocenters. The monoisotopic (exact) mass is 211 g/mol. The maximum absolute atomic E-state index is 11.6. The molecule has 1 spiro atoms. The SMILES string of the molecule is CCCNC(=O)C1=NO[C@@]2(CCNC2)C1. The zero-order valence-corrected chi connectivity index (χ0v) is 9.01. The van der Waals surface area contributed by atoms with Gasteiger partial charge in [0.15, 0.2) is 5.60 Å². The van der Waals surface area contributed by atoms with Crippen molar-refractivity contribution in [2.24, 2.45) is 5.16 Å². The minimum absolute atomic E-state index is 0.0828. The van der Waals surface area contributed by atoms with Crippen LogP contribution in [0.3, 0.4) is 0 Å². The van der Waals surface area contributed by atoms with Gasteiger partial charge in [0, 0.05) is 25.9 Å². The molecule has 15 heavy (non-hydrogen) atoms. The number of hydrogen-bond acceptors (Lipinski definition) is 4. The molecule has 1 saturated heterocycles. The Bertz CT molecular complexity index is 282. The van der Waals surface area contributed by atoms with Gasteiger partial charge in [-0.25, -0.2) is 0 Å². The van der Waals surface area contributed by atoms with Crippen LogP contribution in [0.15, 0.2) is 5.16 Å². The Morgan fingerprint density at radius 2 is 2.60 bits per heavy atom. The third-order valence-corrected chi connectivity index (χ3v) is 2.84. The lowest BCUT2D eigenvalue weighted by Gasteiger charge is -2.18. The molecule has 2 aliphatic rings. The van der Waals surface area contributed by atoms with Gasteiger partial charge in [0.25, 0.3) is 5.91 Å². The summed E-state index contributed by atoms with van der Waals surface area (Å²) in [6.45, 7) is 4.46. The van der Waals surface area contributed by atoms with E-state index in [1.165, 1.54) is 0 Å². The van der Waals surface area contributed by atoms with Gasteiger partial charge >= 0.3 is 0 Å². The Hall–Kier alpha value is -1.10. The zero-order valence-electron chi connectivity index (χ0n) is 9.01. The number of carbonyl (C=O) groups excluding carboxylic acids is 1. The van der Waals surface area contributed by atoms with Crippen molar-refractivity contribution in [1.82, 2.24) is 10.6 Å². The van der Waals surface area contributed by atoms with Crippen LogP contribution in [0.5, 0.6) is 0 Å². The maximum Gasteiger partial charge on any atom is 0.269 e. The van der Waals surface area contributed by atoms with Crippen molar-refractivity contribution in [2.45, 2.75) is 31.8 Å². The molecule has 0 aromatic carbocycles. The summed E-state index contributed by atoms with van der Waals surface area (Å²) in [5, 5.41) is 9.93. The number of rotatable bonds is 3. The van der Waals surface area contributed by atoms with E-state index in [2.05, 4.69) is 15.8 Å². The largest absolute Gasteiger partial charge is 0.387 e. The number of hydrogen-bond donors (Lipinski definition) is 2. The van der Waals surface area contributed by atoms with E-state index in [9.17, 15) is 4.79 Å². The van der Waals surface area contributed by atoms with Gasteiger partial charge in [0.1, 0.15) is 5.71 Å². The molecule has 5 nitrogen and oxygen atoms in total. The summed E-state index contributed by atoms with van der Waals surface area (Å²) in [6.07, 6.45) is 2.50. The first-order chi connectivity index (χ1) is 7.26. The average molecular weight is 211 g/mol. The minimum atomic E-state index is -0.237. The molecule has 2 aliphatic heterocycles. The summed E-state index contributed by atoms with van der Waals surface area (Å²) in [5.41, 5.74) is 0.297. The first-order valence-electron chi connectivity index (χ1n) is 5.50. The van der Waals surface area contributed by atoms with E-state index >= 15 is 0 Å². The zero-order chi connectivity index (χ0) is 10.7. The molecule has 5 heteroatoms. The van der Waals surface area contributed by atoms with Crippen LogP contribution in [0.4, 0.5) is 0 Å². The van der Waals surface area contributed by atoms with E-state index in [-0.39, 0.29) is 11.5 Å². The van der Waals surface area contributed by atoms with Crippen LogP contribution in [0, 0.1) is 0 Å². The number of nitrogens with one attached hydrogen (secondary N) is 2. The van der Waals surface area contributed by atoms with Gasteiger partial charge < -0.3 is 15.5 Å². The van der Waals surface area contributed by atoms with E-state index in [4.69, 9.17) is 4.84 Å². The molecule has 0 bridgehead atoms. The van der Waals surface area contributed by atoms with Crippen LogP contribution < -0.4 is 10.6 Å². The molecule has 1 amide bonds. The van der Waals surface area contributed by atoms with Crippen LogP contribution in [0.2, 0.25) is 0 Å². The predicted octanol–water partition coefficient (Wildman–Crippen LogP) is 0.0210. The van der Waals surface area contributed by atoms with Gasteiger partial charge in [0.2, 0.25) is 0 Å². The quantitative estimate of drug-likeness (QED) is 0.692. The molecule has 1 atom stereocenters. The molecule has 0 saturated carbocycles. The minimum Gasteiger partial charge on any atom is -0.387 e. The molecule has 2 N–H and O–H groups in total. The number of carbonyl (C=O) groups is 1. The Morgan fingerprint density at radius 1 is 1.73 bits per heavy atom. The second kappa shape index (κ2) is 4.18. The molecule has 0 aliphatic carbocycles. The molecular formula is C10H17N3O2. The summed E-state index contributed by atoms with van der Waals surface area (Å²) >= 11 is 0. The molecule has 0 aromatic rings. The highest BCUT2D eigenvalue weighted by Crippen LogP contribution is 2.29. The smallest absolute Gasteiger partial charge is 0.269 e. The number of oxime groups is 1. The fraction of sp³-hybridized carbons (Fsp3) is 0.800. The lowest BCUT2D eigenvalue weighted by Crippen LogP contribution is -2.36. The van der Waals surface area contributed by atoms with Crippen molar-refractivity contribution in [3.05, 3.63) is 0 Å². The van der Waals surface area contributed by atoms with Crippen molar-refractivity contribution in [1.29, 1.82) is 0 Å². The predicted molar refractivity (Wildman–Crippen MR) is 56.7 cm³/mol. The van der Waals surface area contributed by atoms with Crippen LogP contribution >= 0.6 is 0 Å². The fourth-order valence-electron chi connectivity index (χ4n) is 1.93. The van der Waals surface area contributed by atoms with Gasteiger partial charge in [0.05, 0.1) is 0 Å². The maximum atomic E-state index is 11.6. The molecule has 0 aromatic heterocycles. The van der Waals surface area contributed by atoms with E-state index in [0.29, 0.717) is 18.7 Å². The second-order valence-electron chi connectivity index (χ2n) is 4.17. The van der Waals surface area contributed by atoms with Crippen molar-refractivity contribution < 1.29 is 9.63 Å². The van der Waals surface area contributed by atoms with Crippen molar-refractivity contribution in [3.8, 4) is 0 Å². The second-order valence-corrected chi connectivity index (χ2v) is 4.17. The first kappa shape index (κ1) is 10.4. The van der Waals surface area contributed by atoms with Crippen molar-refractivity contribution in [3.63, 3.8) is 0 Å². The molecule has 84 valence electrons. The summed E-state index contributed by atoms with van der Waals surface area (Å²) in [5.74, 6) is -0.0828.